The van der Waals surface area contributed by atoms with Gasteiger partial charge in [-0.15, -0.1) is 0 Å². The van der Waals surface area contributed by atoms with E-state index < -0.39 is 16.1 Å². The van der Waals surface area contributed by atoms with E-state index >= 15 is 0 Å². The molecule has 0 heterocycles. The minimum atomic E-state index is -3.55. The van der Waals surface area contributed by atoms with Gasteiger partial charge in [-0.2, -0.15) is 0 Å². The smallest absolute Gasteiger partial charge is 0.243 e. The van der Waals surface area contributed by atoms with Gasteiger partial charge in [-0.1, -0.05) is 86.1 Å². The quantitative estimate of drug-likeness (QED) is 0.267. The molecule has 0 spiro atoms. The number of sulfonamides is 1. The molecule has 0 aliphatic carbocycles. The summed E-state index contributed by atoms with van der Waals surface area (Å²) < 4.78 is 26.6. The third-order valence-corrected chi connectivity index (χ3v) is 8.23. The average molecular weight is 578 g/mol. The maximum Gasteiger partial charge on any atom is 0.243 e. The number of carbonyl (C=O) groups excluding carboxylic acids is 2. The van der Waals surface area contributed by atoms with Crippen molar-refractivity contribution < 1.29 is 18.0 Å². The second kappa shape index (κ2) is 15.4. The van der Waals surface area contributed by atoms with Gasteiger partial charge in [-0.3, -0.25) is 13.9 Å². The number of carbonyl (C=O) groups is 2. The van der Waals surface area contributed by atoms with Gasteiger partial charge in [-0.05, 0) is 55.0 Å². The van der Waals surface area contributed by atoms with Crippen molar-refractivity contribution >= 4 is 27.5 Å². The summed E-state index contributed by atoms with van der Waals surface area (Å²) in [6.07, 6.45) is 3.64. The van der Waals surface area contributed by atoms with E-state index in [4.69, 9.17) is 0 Å². The Morgan fingerprint density at radius 1 is 0.878 bits per heavy atom. The van der Waals surface area contributed by atoms with Crippen molar-refractivity contribution in [2.45, 2.75) is 65.5 Å². The van der Waals surface area contributed by atoms with Crippen molar-refractivity contribution in [3.8, 4) is 0 Å². The molecular formula is C33H43N3O4S. The molecule has 3 rings (SSSR count). The normalized spacial score (nSPS) is 12.0. The fourth-order valence-electron chi connectivity index (χ4n) is 4.83. The lowest BCUT2D eigenvalue weighted by molar-refractivity contribution is -0.141. The summed E-state index contributed by atoms with van der Waals surface area (Å²) >= 11 is 0. The monoisotopic (exact) mass is 577 g/mol. The molecule has 0 aromatic heterocycles. The van der Waals surface area contributed by atoms with Gasteiger partial charge >= 0.3 is 0 Å². The topological polar surface area (TPSA) is 86.8 Å². The summed E-state index contributed by atoms with van der Waals surface area (Å²) in [5.41, 5.74) is 4.67. The Hall–Kier alpha value is -3.65. The lowest BCUT2D eigenvalue weighted by atomic mass is 10.0. The van der Waals surface area contributed by atoms with Crippen LogP contribution in [0.4, 0.5) is 5.69 Å². The standard InChI is InChI=1S/C33H43N3O4S/c1-5-21-34-33(38)31(24-28-13-8-7-9-14-28)35(25-29-15-10-12-26(3)23-29)32(37)16-11-22-36(41(4,39)40)30-19-17-27(6-2)18-20-30/h7-10,12-15,17-20,23,31H,5-6,11,16,21-22,24-25H2,1-4H3,(H,34,38). The molecule has 0 bridgehead atoms. The number of aryl methyl sites for hydroxylation is 2. The summed E-state index contributed by atoms with van der Waals surface area (Å²) in [5, 5.41) is 2.99. The zero-order valence-electron chi connectivity index (χ0n) is 24.7. The highest BCUT2D eigenvalue weighted by Gasteiger charge is 2.30. The van der Waals surface area contributed by atoms with E-state index in [1.807, 2.05) is 87.5 Å². The van der Waals surface area contributed by atoms with Crippen LogP contribution in [0, 0.1) is 6.92 Å². The Morgan fingerprint density at radius 3 is 2.17 bits per heavy atom. The number of benzene rings is 3. The average Bonchev–Trinajstić information content (AvgIpc) is 2.95. The molecule has 1 unspecified atom stereocenters. The van der Waals surface area contributed by atoms with E-state index in [0.717, 1.165) is 35.1 Å². The molecule has 0 fully saturated rings. The van der Waals surface area contributed by atoms with Crippen molar-refractivity contribution in [2.75, 3.05) is 23.7 Å². The molecule has 0 saturated carbocycles. The van der Waals surface area contributed by atoms with Gasteiger partial charge < -0.3 is 10.2 Å². The molecule has 220 valence electrons. The third-order valence-electron chi connectivity index (χ3n) is 7.04. The van der Waals surface area contributed by atoms with Gasteiger partial charge in [-0.25, -0.2) is 8.42 Å². The number of amides is 2. The Morgan fingerprint density at radius 2 is 1.56 bits per heavy atom. The van der Waals surface area contributed by atoms with Crippen molar-refractivity contribution in [2.24, 2.45) is 0 Å². The fourth-order valence-corrected chi connectivity index (χ4v) is 5.79. The van der Waals surface area contributed by atoms with Crippen LogP contribution in [0.3, 0.4) is 0 Å². The molecule has 7 nitrogen and oxygen atoms in total. The van der Waals surface area contributed by atoms with Crippen LogP contribution in [0.1, 0.15) is 55.4 Å². The van der Waals surface area contributed by atoms with Gasteiger partial charge in [0.2, 0.25) is 21.8 Å². The first kappa shape index (κ1) is 31.9. The molecule has 2 amide bonds. The van der Waals surface area contributed by atoms with Crippen LogP contribution in [-0.4, -0.2) is 50.5 Å². The van der Waals surface area contributed by atoms with Crippen molar-refractivity contribution in [3.05, 3.63) is 101 Å². The molecule has 0 radical (unpaired) electrons. The van der Waals surface area contributed by atoms with Gasteiger partial charge in [0.25, 0.3) is 0 Å². The largest absolute Gasteiger partial charge is 0.354 e. The zero-order chi connectivity index (χ0) is 29.8. The van der Waals surface area contributed by atoms with Crippen LogP contribution in [-0.2, 0) is 39.0 Å². The lowest BCUT2D eigenvalue weighted by Crippen LogP contribution is -2.50. The Balaban J connectivity index is 1.86. The Kier molecular flexibility index (Phi) is 12.0. The third kappa shape index (κ3) is 9.74. The van der Waals surface area contributed by atoms with Gasteiger partial charge in [0.1, 0.15) is 6.04 Å². The molecule has 0 aliphatic rings. The predicted octanol–water partition coefficient (Wildman–Crippen LogP) is 5.27. The van der Waals surface area contributed by atoms with E-state index in [-0.39, 0.29) is 31.3 Å². The van der Waals surface area contributed by atoms with Gasteiger partial charge in [0, 0.05) is 32.5 Å². The molecule has 0 aliphatic heterocycles. The van der Waals surface area contributed by atoms with E-state index in [1.165, 1.54) is 10.6 Å². The summed E-state index contributed by atoms with van der Waals surface area (Å²) in [6, 6.07) is 24.4. The summed E-state index contributed by atoms with van der Waals surface area (Å²) in [5.74, 6) is -0.376. The fraction of sp³-hybridized carbons (Fsp3) is 0.394. The minimum Gasteiger partial charge on any atom is -0.354 e. The lowest BCUT2D eigenvalue weighted by Gasteiger charge is -2.32. The van der Waals surface area contributed by atoms with Crippen molar-refractivity contribution in [1.29, 1.82) is 0 Å². The Labute approximate surface area is 245 Å². The number of hydrogen-bond acceptors (Lipinski definition) is 4. The molecule has 1 atom stereocenters. The summed E-state index contributed by atoms with van der Waals surface area (Å²) in [7, 11) is -3.55. The highest BCUT2D eigenvalue weighted by atomic mass is 32.2. The number of hydrogen-bond donors (Lipinski definition) is 1. The first-order valence-electron chi connectivity index (χ1n) is 14.4. The zero-order valence-corrected chi connectivity index (χ0v) is 25.5. The maximum absolute atomic E-state index is 13.9. The number of nitrogens with zero attached hydrogens (tertiary/aromatic N) is 2. The molecule has 41 heavy (non-hydrogen) atoms. The molecule has 0 saturated heterocycles. The predicted molar refractivity (Wildman–Crippen MR) is 166 cm³/mol. The summed E-state index contributed by atoms with van der Waals surface area (Å²) in [4.78, 5) is 29.0. The van der Waals surface area contributed by atoms with Gasteiger partial charge in [0.15, 0.2) is 0 Å². The second-order valence-corrected chi connectivity index (χ2v) is 12.4. The number of rotatable bonds is 15. The van der Waals surface area contributed by atoms with Crippen LogP contribution in [0.15, 0.2) is 78.9 Å². The molecule has 3 aromatic rings. The molecule has 3 aromatic carbocycles. The van der Waals surface area contributed by atoms with E-state index in [0.29, 0.717) is 25.1 Å². The SMILES string of the molecule is CCCNC(=O)C(Cc1ccccc1)N(Cc1cccc(C)c1)C(=O)CCCN(c1ccc(CC)cc1)S(C)(=O)=O. The van der Waals surface area contributed by atoms with Crippen molar-refractivity contribution in [1.82, 2.24) is 10.2 Å². The van der Waals surface area contributed by atoms with Crippen molar-refractivity contribution in [3.63, 3.8) is 0 Å². The van der Waals surface area contributed by atoms with E-state index in [1.54, 1.807) is 17.0 Å². The van der Waals surface area contributed by atoms with E-state index in [9.17, 15) is 18.0 Å². The van der Waals surface area contributed by atoms with Crippen LogP contribution in [0.5, 0.6) is 0 Å². The second-order valence-electron chi connectivity index (χ2n) is 10.5. The van der Waals surface area contributed by atoms with E-state index in [2.05, 4.69) is 5.32 Å². The maximum atomic E-state index is 13.9. The highest BCUT2D eigenvalue weighted by molar-refractivity contribution is 7.92. The molecular weight excluding hydrogens is 534 g/mol. The first-order chi connectivity index (χ1) is 19.6. The van der Waals surface area contributed by atoms with Crippen LogP contribution in [0.2, 0.25) is 0 Å². The van der Waals surface area contributed by atoms with Crippen LogP contribution < -0.4 is 9.62 Å². The van der Waals surface area contributed by atoms with Crippen LogP contribution >= 0.6 is 0 Å². The molecule has 1 N–H and O–H groups in total. The summed E-state index contributed by atoms with van der Waals surface area (Å²) in [6.45, 7) is 7.01. The number of nitrogens with one attached hydrogen (secondary N) is 1. The molecule has 8 heteroatoms. The minimum absolute atomic E-state index is 0.108. The highest BCUT2D eigenvalue weighted by Crippen LogP contribution is 2.21. The van der Waals surface area contributed by atoms with Gasteiger partial charge in [0.05, 0.1) is 11.9 Å². The number of anilines is 1. The Bertz CT molecular complexity index is 1380. The first-order valence-corrected chi connectivity index (χ1v) is 16.2. The van der Waals surface area contributed by atoms with Crippen LogP contribution in [0.25, 0.3) is 0 Å².